The number of alkyl halides is 6. The Morgan fingerprint density at radius 3 is 1.95 bits per heavy atom. The van der Waals surface area contributed by atoms with Crippen LogP contribution in [0.2, 0.25) is 0 Å². The van der Waals surface area contributed by atoms with Crippen LogP contribution in [0.3, 0.4) is 0 Å². The van der Waals surface area contributed by atoms with Gasteiger partial charge in [0, 0.05) is 11.6 Å². The van der Waals surface area contributed by atoms with Gasteiger partial charge in [-0.05, 0) is 13.0 Å². The number of hydrogen-bond donors (Lipinski definition) is 1. The Labute approximate surface area is 109 Å². The molecule has 2 nitrogen and oxygen atoms in total. The number of halogens is 7. The molecule has 0 fully saturated rings. The van der Waals surface area contributed by atoms with Crippen LogP contribution in [-0.2, 0) is 0 Å². The first kappa shape index (κ1) is 16.5. The molecule has 0 aromatic heterocycles. The van der Waals surface area contributed by atoms with Gasteiger partial charge in [-0.15, -0.1) is 0 Å². The average Bonchev–Trinajstić information content (AvgIpc) is 2.23. The minimum atomic E-state index is -5.73. The molecule has 0 saturated heterocycles. The summed E-state index contributed by atoms with van der Waals surface area (Å²) in [5.74, 6) is -2.50. The molecule has 2 N–H and O–H groups in total. The maximum atomic E-state index is 13.4. The van der Waals surface area contributed by atoms with E-state index in [4.69, 9.17) is 5.73 Å². The maximum Gasteiger partial charge on any atom is 0.434 e. The summed E-state index contributed by atoms with van der Waals surface area (Å²) >= 11 is 0. The first-order valence-electron chi connectivity index (χ1n) is 5.28. The second-order valence-electron chi connectivity index (χ2n) is 4.03. The molecule has 0 radical (unpaired) electrons. The molecule has 1 atom stereocenters. The first-order chi connectivity index (χ1) is 8.94. The standard InChI is InChI=1S/C11H10F7NO/c1-5(19)6-3-2-4-7(12)8(6)20-9(10(13,14)15)11(16,17)18/h2-5,9H,19H2,1H3/t5-/m0/s1. The monoisotopic (exact) mass is 305 g/mol. The summed E-state index contributed by atoms with van der Waals surface area (Å²) in [6.45, 7) is 1.28. The quantitative estimate of drug-likeness (QED) is 0.864. The fourth-order valence-corrected chi connectivity index (χ4v) is 1.45. The van der Waals surface area contributed by atoms with Gasteiger partial charge in [-0.25, -0.2) is 4.39 Å². The number of nitrogens with two attached hydrogens (primary N) is 1. The van der Waals surface area contributed by atoms with E-state index in [1.165, 1.54) is 6.92 Å². The van der Waals surface area contributed by atoms with E-state index in [2.05, 4.69) is 4.74 Å². The van der Waals surface area contributed by atoms with Crippen molar-refractivity contribution in [3.8, 4) is 5.75 Å². The number of hydrogen-bond acceptors (Lipinski definition) is 2. The van der Waals surface area contributed by atoms with Crippen LogP contribution in [0.15, 0.2) is 18.2 Å². The molecule has 0 aliphatic rings. The van der Waals surface area contributed by atoms with Gasteiger partial charge in [-0.1, -0.05) is 12.1 Å². The molecular formula is C11H10F7NO. The van der Waals surface area contributed by atoms with Crippen molar-refractivity contribution < 1.29 is 35.5 Å². The molecule has 0 saturated carbocycles. The summed E-state index contributed by atoms with van der Waals surface area (Å²) in [5.41, 5.74) is 5.08. The lowest BCUT2D eigenvalue weighted by Crippen LogP contribution is -2.47. The molecule has 114 valence electrons. The van der Waals surface area contributed by atoms with Crippen LogP contribution >= 0.6 is 0 Å². The Balaban J connectivity index is 3.25. The molecular weight excluding hydrogens is 295 g/mol. The third-order valence-corrected chi connectivity index (χ3v) is 2.32. The highest BCUT2D eigenvalue weighted by molar-refractivity contribution is 5.37. The number of ether oxygens (including phenoxy) is 1. The second-order valence-corrected chi connectivity index (χ2v) is 4.03. The highest BCUT2D eigenvalue weighted by atomic mass is 19.4. The topological polar surface area (TPSA) is 35.2 Å². The van der Waals surface area contributed by atoms with Gasteiger partial charge < -0.3 is 10.5 Å². The van der Waals surface area contributed by atoms with Crippen molar-refractivity contribution in [1.82, 2.24) is 0 Å². The van der Waals surface area contributed by atoms with Gasteiger partial charge >= 0.3 is 12.4 Å². The predicted octanol–water partition coefficient (Wildman–Crippen LogP) is 3.72. The van der Waals surface area contributed by atoms with E-state index in [0.29, 0.717) is 6.07 Å². The van der Waals surface area contributed by atoms with Crippen LogP contribution in [0.5, 0.6) is 5.75 Å². The fourth-order valence-electron chi connectivity index (χ4n) is 1.45. The zero-order chi connectivity index (χ0) is 15.7. The molecule has 0 aliphatic carbocycles. The number of para-hydroxylation sites is 1. The Kier molecular flexibility index (Phi) is 4.52. The van der Waals surface area contributed by atoms with Gasteiger partial charge in [0.25, 0.3) is 6.10 Å². The predicted molar refractivity (Wildman–Crippen MR) is 55.5 cm³/mol. The van der Waals surface area contributed by atoms with Crippen LogP contribution in [0.4, 0.5) is 30.7 Å². The SMILES string of the molecule is C[C@H](N)c1cccc(F)c1OC(C(F)(F)F)C(F)(F)F. The van der Waals surface area contributed by atoms with Crippen molar-refractivity contribution in [3.05, 3.63) is 29.6 Å². The highest BCUT2D eigenvalue weighted by Crippen LogP contribution is 2.38. The molecule has 0 amide bonds. The van der Waals surface area contributed by atoms with Gasteiger partial charge in [0.15, 0.2) is 11.6 Å². The Bertz CT molecular complexity index is 453. The van der Waals surface area contributed by atoms with Gasteiger partial charge in [0.05, 0.1) is 0 Å². The maximum absolute atomic E-state index is 13.4. The van der Waals surface area contributed by atoms with Crippen LogP contribution in [-0.4, -0.2) is 18.5 Å². The molecule has 20 heavy (non-hydrogen) atoms. The molecule has 0 bridgehead atoms. The third-order valence-electron chi connectivity index (χ3n) is 2.32. The van der Waals surface area contributed by atoms with Crippen LogP contribution in [0, 0.1) is 5.82 Å². The molecule has 1 rings (SSSR count). The molecule has 9 heteroatoms. The van der Waals surface area contributed by atoms with Crippen molar-refractivity contribution in [3.63, 3.8) is 0 Å². The van der Waals surface area contributed by atoms with E-state index in [0.717, 1.165) is 12.1 Å². The van der Waals surface area contributed by atoms with Crippen LogP contribution in [0.25, 0.3) is 0 Å². The van der Waals surface area contributed by atoms with Crippen molar-refractivity contribution in [1.29, 1.82) is 0 Å². The van der Waals surface area contributed by atoms with Crippen molar-refractivity contribution in [2.24, 2.45) is 5.73 Å². The highest BCUT2D eigenvalue weighted by Gasteiger charge is 2.59. The summed E-state index contributed by atoms with van der Waals surface area (Å²) < 4.78 is 91.5. The summed E-state index contributed by atoms with van der Waals surface area (Å²) in [5, 5.41) is 0. The summed E-state index contributed by atoms with van der Waals surface area (Å²) in [7, 11) is 0. The van der Waals surface area contributed by atoms with Crippen molar-refractivity contribution >= 4 is 0 Å². The largest absolute Gasteiger partial charge is 0.468 e. The Hall–Kier alpha value is -1.51. The van der Waals surface area contributed by atoms with E-state index in [9.17, 15) is 30.7 Å². The van der Waals surface area contributed by atoms with E-state index in [-0.39, 0.29) is 5.56 Å². The van der Waals surface area contributed by atoms with E-state index < -0.39 is 36.1 Å². The van der Waals surface area contributed by atoms with Gasteiger partial charge in [-0.3, -0.25) is 0 Å². The smallest absolute Gasteiger partial charge is 0.434 e. The third kappa shape index (κ3) is 3.75. The molecule has 0 spiro atoms. The first-order valence-corrected chi connectivity index (χ1v) is 5.28. The van der Waals surface area contributed by atoms with Crippen LogP contribution in [0.1, 0.15) is 18.5 Å². The number of benzene rings is 1. The Morgan fingerprint density at radius 2 is 1.55 bits per heavy atom. The summed E-state index contributed by atoms with van der Waals surface area (Å²) in [6, 6.07) is 1.89. The summed E-state index contributed by atoms with van der Waals surface area (Å²) in [6.07, 6.45) is -15.6. The van der Waals surface area contributed by atoms with Crippen LogP contribution < -0.4 is 10.5 Å². The fraction of sp³-hybridized carbons (Fsp3) is 0.455. The number of rotatable bonds is 3. The van der Waals surface area contributed by atoms with Gasteiger partial charge in [-0.2, -0.15) is 26.3 Å². The normalized spacial score (nSPS) is 14.5. The Morgan fingerprint density at radius 1 is 1.05 bits per heavy atom. The lowest BCUT2D eigenvalue weighted by atomic mass is 10.1. The molecule has 1 aromatic rings. The second kappa shape index (κ2) is 5.47. The molecule has 0 unspecified atom stereocenters. The van der Waals surface area contributed by atoms with E-state index in [1.54, 1.807) is 0 Å². The molecule has 1 aromatic carbocycles. The zero-order valence-electron chi connectivity index (χ0n) is 10.0. The molecule has 0 aliphatic heterocycles. The van der Waals surface area contributed by atoms with E-state index in [1.807, 2.05) is 0 Å². The average molecular weight is 305 g/mol. The van der Waals surface area contributed by atoms with Gasteiger partial charge in [0.2, 0.25) is 0 Å². The summed E-state index contributed by atoms with van der Waals surface area (Å²) in [4.78, 5) is 0. The lowest BCUT2D eigenvalue weighted by Gasteiger charge is -2.25. The van der Waals surface area contributed by atoms with E-state index >= 15 is 0 Å². The van der Waals surface area contributed by atoms with Crippen molar-refractivity contribution in [2.75, 3.05) is 0 Å². The zero-order valence-corrected chi connectivity index (χ0v) is 10.0. The minimum absolute atomic E-state index is 0.288. The minimum Gasteiger partial charge on any atom is -0.468 e. The van der Waals surface area contributed by atoms with Gasteiger partial charge in [0.1, 0.15) is 0 Å². The molecule has 0 heterocycles. The van der Waals surface area contributed by atoms with Crippen molar-refractivity contribution in [2.45, 2.75) is 31.4 Å². The lowest BCUT2D eigenvalue weighted by molar-refractivity contribution is -0.300.